The zero-order valence-electron chi connectivity index (χ0n) is 7.34. The summed E-state index contributed by atoms with van der Waals surface area (Å²) in [5, 5.41) is 0.251. The highest BCUT2D eigenvalue weighted by Crippen LogP contribution is 2.24. The summed E-state index contributed by atoms with van der Waals surface area (Å²) in [5.74, 6) is -0.416. The van der Waals surface area contributed by atoms with Crippen LogP contribution in [0.3, 0.4) is 0 Å². The summed E-state index contributed by atoms with van der Waals surface area (Å²) in [4.78, 5) is 0. The minimum Gasteiger partial charge on any atom is -0.324 e. The van der Waals surface area contributed by atoms with Gasteiger partial charge in [-0.2, -0.15) is 0 Å². The van der Waals surface area contributed by atoms with E-state index in [1.54, 1.807) is 0 Å². The lowest BCUT2D eigenvalue weighted by Crippen LogP contribution is -2.11. The van der Waals surface area contributed by atoms with Gasteiger partial charge in [0.15, 0.2) is 0 Å². The Bertz CT molecular complexity index is 294. The summed E-state index contributed by atoms with van der Waals surface area (Å²) in [6.07, 6.45) is 0.200. The molecule has 0 amide bonds. The van der Waals surface area contributed by atoms with Crippen molar-refractivity contribution < 1.29 is 8.78 Å². The van der Waals surface area contributed by atoms with Gasteiger partial charge >= 0.3 is 0 Å². The largest absolute Gasteiger partial charge is 0.324 e. The third kappa shape index (κ3) is 3.40. The minimum atomic E-state index is -0.505. The standard InChI is InChI=1S/C9H10ClF2N.ClH/c10-8-5-6(12)1-2-7(8)9(13)3-4-11;/h1-2,5,9H,3-4,13H2;1H/t9-;/m1./s1. The van der Waals surface area contributed by atoms with Gasteiger partial charge < -0.3 is 5.73 Å². The molecule has 2 N–H and O–H groups in total. The van der Waals surface area contributed by atoms with Crippen LogP contribution in [0.4, 0.5) is 8.78 Å². The molecular formula is C9H11Cl2F2N. The van der Waals surface area contributed by atoms with Gasteiger partial charge in [0, 0.05) is 11.1 Å². The van der Waals surface area contributed by atoms with Crippen LogP contribution in [0.15, 0.2) is 18.2 Å². The lowest BCUT2D eigenvalue weighted by molar-refractivity contribution is 0.441. The first-order chi connectivity index (χ1) is 6.15. The fourth-order valence-electron chi connectivity index (χ4n) is 1.08. The molecule has 1 nitrogen and oxygen atoms in total. The fraction of sp³-hybridized carbons (Fsp3) is 0.333. The van der Waals surface area contributed by atoms with Gasteiger partial charge in [0.1, 0.15) is 5.82 Å². The molecular weight excluding hydrogens is 231 g/mol. The van der Waals surface area contributed by atoms with Crippen molar-refractivity contribution in [3.05, 3.63) is 34.6 Å². The zero-order chi connectivity index (χ0) is 9.84. The van der Waals surface area contributed by atoms with Crippen molar-refractivity contribution in [2.45, 2.75) is 12.5 Å². The topological polar surface area (TPSA) is 26.0 Å². The molecule has 0 bridgehead atoms. The average Bonchev–Trinajstić information content (AvgIpc) is 2.04. The van der Waals surface area contributed by atoms with Gasteiger partial charge in [-0.25, -0.2) is 4.39 Å². The number of halogens is 4. The number of rotatable bonds is 3. The molecule has 0 fully saturated rings. The number of hydrogen-bond donors (Lipinski definition) is 1. The Balaban J connectivity index is 0.00000169. The molecule has 0 unspecified atom stereocenters. The van der Waals surface area contributed by atoms with Crippen LogP contribution in [0.2, 0.25) is 5.02 Å². The maximum atomic E-state index is 12.6. The second-order valence-electron chi connectivity index (χ2n) is 2.75. The second-order valence-corrected chi connectivity index (χ2v) is 3.16. The van der Waals surface area contributed by atoms with Gasteiger partial charge in [-0.1, -0.05) is 17.7 Å². The molecule has 5 heteroatoms. The third-order valence-electron chi connectivity index (χ3n) is 1.78. The molecule has 0 radical (unpaired) electrons. The number of benzene rings is 1. The van der Waals surface area contributed by atoms with E-state index in [-0.39, 0.29) is 23.9 Å². The second kappa shape index (κ2) is 6.17. The van der Waals surface area contributed by atoms with Crippen molar-refractivity contribution >= 4 is 24.0 Å². The van der Waals surface area contributed by atoms with Crippen LogP contribution in [0.5, 0.6) is 0 Å². The van der Waals surface area contributed by atoms with Crippen molar-refractivity contribution in [2.24, 2.45) is 5.73 Å². The van der Waals surface area contributed by atoms with Crippen molar-refractivity contribution in [3.8, 4) is 0 Å². The first-order valence-corrected chi connectivity index (χ1v) is 4.29. The quantitative estimate of drug-likeness (QED) is 0.864. The molecule has 1 aromatic rings. The highest BCUT2D eigenvalue weighted by Gasteiger charge is 2.10. The van der Waals surface area contributed by atoms with Crippen molar-refractivity contribution in [1.29, 1.82) is 0 Å². The highest BCUT2D eigenvalue weighted by molar-refractivity contribution is 6.31. The molecule has 0 spiro atoms. The number of nitrogens with two attached hydrogens (primary N) is 1. The van der Waals surface area contributed by atoms with Gasteiger partial charge in [0.05, 0.1) is 6.67 Å². The fourth-order valence-corrected chi connectivity index (χ4v) is 1.38. The van der Waals surface area contributed by atoms with E-state index in [4.69, 9.17) is 17.3 Å². The zero-order valence-corrected chi connectivity index (χ0v) is 8.92. The lowest BCUT2D eigenvalue weighted by atomic mass is 10.1. The highest BCUT2D eigenvalue weighted by atomic mass is 35.5. The molecule has 80 valence electrons. The van der Waals surface area contributed by atoms with E-state index in [2.05, 4.69) is 0 Å². The molecule has 1 atom stereocenters. The Kier molecular flexibility index (Phi) is 6.00. The van der Waals surface area contributed by atoms with E-state index in [1.807, 2.05) is 0 Å². The van der Waals surface area contributed by atoms with Crippen LogP contribution in [-0.2, 0) is 0 Å². The normalized spacial score (nSPS) is 12.0. The molecule has 0 aliphatic heterocycles. The Labute approximate surface area is 92.7 Å². The summed E-state index contributed by atoms with van der Waals surface area (Å²) in [6.45, 7) is -0.505. The Morgan fingerprint density at radius 2 is 2.07 bits per heavy atom. The monoisotopic (exact) mass is 241 g/mol. The lowest BCUT2D eigenvalue weighted by Gasteiger charge is -2.11. The predicted molar refractivity (Wildman–Crippen MR) is 56.2 cm³/mol. The predicted octanol–water partition coefficient (Wildman–Crippen LogP) is 3.26. The first-order valence-electron chi connectivity index (χ1n) is 3.91. The van der Waals surface area contributed by atoms with E-state index >= 15 is 0 Å². The van der Waals surface area contributed by atoms with Crippen LogP contribution in [0, 0.1) is 5.82 Å². The van der Waals surface area contributed by atoms with E-state index in [0.29, 0.717) is 5.56 Å². The van der Waals surface area contributed by atoms with Gasteiger partial charge in [0.2, 0.25) is 0 Å². The summed E-state index contributed by atoms with van der Waals surface area (Å²) >= 11 is 5.72. The Hall–Kier alpha value is -0.380. The van der Waals surface area contributed by atoms with E-state index in [1.165, 1.54) is 18.2 Å². The van der Waals surface area contributed by atoms with Crippen molar-refractivity contribution in [3.63, 3.8) is 0 Å². The number of alkyl halides is 1. The van der Waals surface area contributed by atoms with Crippen molar-refractivity contribution in [2.75, 3.05) is 6.67 Å². The third-order valence-corrected chi connectivity index (χ3v) is 2.11. The van der Waals surface area contributed by atoms with Crippen LogP contribution >= 0.6 is 24.0 Å². The minimum absolute atomic E-state index is 0. The van der Waals surface area contributed by atoms with Gasteiger partial charge in [-0.3, -0.25) is 4.39 Å². The molecule has 0 aliphatic rings. The van der Waals surface area contributed by atoms with Crippen molar-refractivity contribution in [1.82, 2.24) is 0 Å². The molecule has 14 heavy (non-hydrogen) atoms. The van der Waals surface area contributed by atoms with Crippen LogP contribution in [0.1, 0.15) is 18.0 Å². The Morgan fingerprint density at radius 1 is 1.43 bits per heavy atom. The molecule has 0 saturated carbocycles. The van der Waals surface area contributed by atoms with Gasteiger partial charge in [0.25, 0.3) is 0 Å². The molecule has 0 saturated heterocycles. The molecule has 0 aliphatic carbocycles. The SMILES string of the molecule is Cl.N[C@H](CCF)c1ccc(F)cc1Cl. The van der Waals surface area contributed by atoms with Crippen LogP contribution in [-0.4, -0.2) is 6.67 Å². The molecule has 0 heterocycles. The maximum Gasteiger partial charge on any atom is 0.124 e. The average molecular weight is 242 g/mol. The Morgan fingerprint density at radius 3 is 2.57 bits per heavy atom. The molecule has 1 rings (SSSR count). The van der Waals surface area contributed by atoms with Crippen LogP contribution < -0.4 is 5.73 Å². The molecule has 1 aromatic carbocycles. The van der Waals surface area contributed by atoms with Gasteiger partial charge in [-0.15, -0.1) is 12.4 Å². The molecule has 0 aromatic heterocycles. The van der Waals surface area contributed by atoms with Gasteiger partial charge in [-0.05, 0) is 24.1 Å². The summed E-state index contributed by atoms with van der Waals surface area (Å²) in [5.41, 5.74) is 6.19. The van der Waals surface area contributed by atoms with E-state index in [9.17, 15) is 8.78 Å². The van der Waals surface area contributed by atoms with E-state index < -0.39 is 18.5 Å². The maximum absolute atomic E-state index is 12.6. The number of hydrogen-bond acceptors (Lipinski definition) is 1. The van der Waals surface area contributed by atoms with E-state index in [0.717, 1.165) is 0 Å². The summed E-state index contributed by atoms with van der Waals surface area (Å²) < 4.78 is 24.5. The smallest absolute Gasteiger partial charge is 0.124 e. The summed E-state index contributed by atoms with van der Waals surface area (Å²) in [7, 11) is 0. The summed E-state index contributed by atoms with van der Waals surface area (Å²) in [6, 6.07) is 3.46. The first kappa shape index (κ1) is 13.6. The van der Waals surface area contributed by atoms with Crippen LogP contribution in [0.25, 0.3) is 0 Å².